The highest BCUT2D eigenvalue weighted by Gasteiger charge is 2.09. The van der Waals surface area contributed by atoms with Gasteiger partial charge < -0.3 is 0 Å². The maximum atomic E-state index is 11.4. The number of allylic oxidation sites excluding steroid dienone is 2. The maximum absolute atomic E-state index is 11.4. The van der Waals surface area contributed by atoms with Crippen molar-refractivity contribution in [1.29, 1.82) is 0 Å². The van der Waals surface area contributed by atoms with Gasteiger partial charge in [-0.1, -0.05) is 63.8 Å². The summed E-state index contributed by atoms with van der Waals surface area (Å²) in [7, 11) is -3.84. The Kier molecular flexibility index (Phi) is 13.9. The average Bonchev–Trinajstić information content (AvgIpc) is 2.45. The predicted octanol–water partition coefficient (Wildman–Crippen LogP) is 4.54. The van der Waals surface area contributed by atoms with E-state index in [1.807, 2.05) is 12.2 Å². The highest BCUT2D eigenvalue weighted by Crippen LogP contribution is 2.02. The standard InChI is InChI=1S/C16H30O4S/c1-3-5-7-9-11-13-15-19-21(17,18)20-16-14-12-10-8-6-4-2/h9-12H,3-8,13-16H2,1-2H3/b11-9+,12-10+. The van der Waals surface area contributed by atoms with Gasteiger partial charge in [-0.3, -0.25) is 0 Å². The third-order valence-electron chi connectivity index (χ3n) is 2.81. The summed E-state index contributed by atoms with van der Waals surface area (Å²) in [6, 6.07) is 0. The van der Waals surface area contributed by atoms with Crippen molar-refractivity contribution in [2.75, 3.05) is 13.2 Å². The minimum absolute atomic E-state index is 0.136. The molecule has 21 heavy (non-hydrogen) atoms. The lowest BCUT2D eigenvalue weighted by Gasteiger charge is -2.03. The molecule has 0 rings (SSSR count). The van der Waals surface area contributed by atoms with E-state index in [0.29, 0.717) is 12.8 Å². The SMILES string of the molecule is CCCC/C=C/CCOS(=O)(=O)OCC/C=C/CCCC. The van der Waals surface area contributed by atoms with Crippen LogP contribution >= 0.6 is 0 Å². The molecule has 0 aliphatic carbocycles. The first-order valence-electron chi connectivity index (χ1n) is 7.96. The van der Waals surface area contributed by atoms with Crippen LogP contribution in [0.5, 0.6) is 0 Å². The first-order chi connectivity index (χ1) is 10.1. The number of hydrogen-bond donors (Lipinski definition) is 0. The van der Waals surface area contributed by atoms with Crippen LogP contribution in [-0.4, -0.2) is 21.6 Å². The molecule has 5 heteroatoms. The molecule has 0 fully saturated rings. The van der Waals surface area contributed by atoms with E-state index in [4.69, 9.17) is 8.37 Å². The molecule has 0 heterocycles. The van der Waals surface area contributed by atoms with Gasteiger partial charge in [0.05, 0.1) is 13.2 Å². The summed E-state index contributed by atoms with van der Waals surface area (Å²) in [5.41, 5.74) is 0. The zero-order valence-electron chi connectivity index (χ0n) is 13.4. The molecule has 0 aromatic rings. The molecule has 0 saturated carbocycles. The average molecular weight is 318 g/mol. The van der Waals surface area contributed by atoms with Crippen molar-refractivity contribution in [2.24, 2.45) is 0 Å². The maximum Gasteiger partial charge on any atom is 0.399 e. The lowest BCUT2D eigenvalue weighted by molar-refractivity contribution is 0.220. The molecular weight excluding hydrogens is 288 g/mol. The fraction of sp³-hybridized carbons (Fsp3) is 0.750. The van der Waals surface area contributed by atoms with Gasteiger partial charge in [-0.05, 0) is 25.7 Å². The van der Waals surface area contributed by atoms with Crippen molar-refractivity contribution in [3.05, 3.63) is 24.3 Å². The van der Waals surface area contributed by atoms with Crippen LogP contribution in [0, 0.1) is 0 Å². The first-order valence-corrected chi connectivity index (χ1v) is 9.29. The molecule has 0 saturated heterocycles. The van der Waals surface area contributed by atoms with Crippen molar-refractivity contribution in [1.82, 2.24) is 0 Å². The Bertz CT molecular complexity index is 342. The number of rotatable bonds is 14. The van der Waals surface area contributed by atoms with Gasteiger partial charge in [-0.2, -0.15) is 8.42 Å². The summed E-state index contributed by atoms with van der Waals surface area (Å²) < 4.78 is 32.3. The van der Waals surface area contributed by atoms with Gasteiger partial charge in [-0.15, -0.1) is 0 Å². The van der Waals surface area contributed by atoms with Gasteiger partial charge in [0.2, 0.25) is 0 Å². The molecule has 0 amide bonds. The summed E-state index contributed by atoms with van der Waals surface area (Å²) in [6.07, 6.45) is 15.9. The Morgan fingerprint density at radius 3 is 1.48 bits per heavy atom. The molecule has 0 atom stereocenters. The zero-order valence-corrected chi connectivity index (χ0v) is 14.2. The van der Waals surface area contributed by atoms with E-state index < -0.39 is 10.4 Å². The van der Waals surface area contributed by atoms with Crippen molar-refractivity contribution < 1.29 is 16.8 Å². The highest BCUT2D eigenvalue weighted by atomic mass is 32.3. The molecule has 0 unspecified atom stereocenters. The molecule has 0 spiro atoms. The molecular formula is C16H30O4S. The smallest absolute Gasteiger partial charge is 0.248 e. The predicted molar refractivity (Wildman–Crippen MR) is 87.4 cm³/mol. The monoisotopic (exact) mass is 318 g/mol. The summed E-state index contributed by atoms with van der Waals surface area (Å²) in [5.74, 6) is 0. The van der Waals surface area contributed by atoms with E-state index in [2.05, 4.69) is 26.0 Å². The first kappa shape index (κ1) is 20.3. The second kappa shape index (κ2) is 14.3. The normalized spacial score (nSPS) is 12.7. The molecule has 0 aromatic heterocycles. The molecule has 0 aliphatic heterocycles. The summed E-state index contributed by atoms with van der Waals surface area (Å²) in [5, 5.41) is 0. The van der Waals surface area contributed by atoms with E-state index in [0.717, 1.165) is 38.5 Å². The van der Waals surface area contributed by atoms with Crippen LogP contribution in [0.4, 0.5) is 0 Å². The number of hydrogen-bond acceptors (Lipinski definition) is 4. The minimum atomic E-state index is -3.84. The lowest BCUT2D eigenvalue weighted by Crippen LogP contribution is -2.11. The highest BCUT2D eigenvalue weighted by molar-refractivity contribution is 7.81. The molecule has 0 radical (unpaired) electrons. The minimum Gasteiger partial charge on any atom is -0.248 e. The van der Waals surface area contributed by atoms with E-state index in [-0.39, 0.29) is 13.2 Å². The molecule has 124 valence electrons. The Labute approximate surface area is 130 Å². The van der Waals surface area contributed by atoms with E-state index in [1.165, 1.54) is 0 Å². The molecule has 4 nitrogen and oxygen atoms in total. The summed E-state index contributed by atoms with van der Waals surface area (Å²) in [4.78, 5) is 0. The molecule has 0 aliphatic rings. The van der Waals surface area contributed by atoms with E-state index >= 15 is 0 Å². The van der Waals surface area contributed by atoms with E-state index in [9.17, 15) is 8.42 Å². The molecule has 0 bridgehead atoms. The Balaban J connectivity index is 3.60. The molecule has 0 N–H and O–H groups in total. The zero-order chi connectivity index (χ0) is 15.8. The van der Waals surface area contributed by atoms with Crippen LogP contribution in [0.25, 0.3) is 0 Å². The van der Waals surface area contributed by atoms with Crippen LogP contribution < -0.4 is 0 Å². The van der Waals surface area contributed by atoms with Gasteiger partial charge in [0.15, 0.2) is 0 Å². The Hall–Kier alpha value is -0.650. The summed E-state index contributed by atoms with van der Waals surface area (Å²) in [6.45, 7) is 4.55. The topological polar surface area (TPSA) is 52.6 Å². The van der Waals surface area contributed by atoms with Crippen LogP contribution in [0.1, 0.15) is 65.2 Å². The van der Waals surface area contributed by atoms with Crippen LogP contribution in [0.3, 0.4) is 0 Å². The van der Waals surface area contributed by atoms with Crippen LogP contribution in [0.15, 0.2) is 24.3 Å². The fourth-order valence-electron chi connectivity index (χ4n) is 1.59. The van der Waals surface area contributed by atoms with Crippen molar-refractivity contribution in [3.8, 4) is 0 Å². The largest absolute Gasteiger partial charge is 0.399 e. The second-order valence-electron chi connectivity index (χ2n) is 4.86. The molecule has 0 aromatic carbocycles. The van der Waals surface area contributed by atoms with Crippen LogP contribution in [-0.2, 0) is 18.8 Å². The quantitative estimate of drug-likeness (QED) is 0.348. The van der Waals surface area contributed by atoms with Crippen LogP contribution in [0.2, 0.25) is 0 Å². The lowest BCUT2D eigenvalue weighted by atomic mass is 10.2. The fourth-order valence-corrected chi connectivity index (χ4v) is 2.25. The Morgan fingerprint density at radius 2 is 1.10 bits per heavy atom. The van der Waals surface area contributed by atoms with Crippen molar-refractivity contribution in [2.45, 2.75) is 65.2 Å². The summed E-state index contributed by atoms with van der Waals surface area (Å²) >= 11 is 0. The second-order valence-corrected chi connectivity index (χ2v) is 6.14. The van der Waals surface area contributed by atoms with Crippen molar-refractivity contribution >= 4 is 10.4 Å². The third-order valence-corrected chi connectivity index (χ3v) is 3.72. The van der Waals surface area contributed by atoms with Gasteiger partial charge in [0.25, 0.3) is 0 Å². The van der Waals surface area contributed by atoms with Gasteiger partial charge in [0.1, 0.15) is 0 Å². The third kappa shape index (κ3) is 15.6. The van der Waals surface area contributed by atoms with Gasteiger partial charge >= 0.3 is 10.4 Å². The van der Waals surface area contributed by atoms with Crippen molar-refractivity contribution in [3.63, 3.8) is 0 Å². The van der Waals surface area contributed by atoms with Gasteiger partial charge in [0, 0.05) is 0 Å². The van der Waals surface area contributed by atoms with E-state index in [1.54, 1.807) is 0 Å². The van der Waals surface area contributed by atoms with Gasteiger partial charge in [-0.25, -0.2) is 8.37 Å². The Morgan fingerprint density at radius 1 is 0.714 bits per heavy atom. The number of unbranched alkanes of at least 4 members (excludes halogenated alkanes) is 4.